The van der Waals surface area contributed by atoms with Gasteiger partial charge in [-0.3, -0.25) is 9.89 Å². The molecule has 2 aromatic carbocycles. The summed E-state index contributed by atoms with van der Waals surface area (Å²) >= 11 is 0. The maximum Gasteiger partial charge on any atom is 0.194 e. The van der Waals surface area contributed by atoms with Gasteiger partial charge in [0.2, 0.25) is 0 Å². The highest BCUT2D eigenvalue weighted by molar-refractivity contribution is 6.27. The van der Waals surface area contributed by atoms with Crippen LogP contribution in [0.5, 0.6) is 11.5 Å². The van der Waals surface area contributed by atoms with Crippen LogP contribution in [0, 0.1) is 0 Å². The molecule has 26 heavy (non-hydrogen) atoms. The molecule has 3 atom stereocenters. The van der Waals surface area contributed by atoms with E-state index in [1.54, 1.807) is 0 Å². The highest BCUT2D eigenvalue weighted by Gasteiger charge is 2.50. The molecule has 6 N–H and O–H groups in total. The Hall–Kier alpha value is -2.94. The third-order valence-electron chi connectivity index (χ3n) is 5.46. The van der Waals surface area contributed by atoms with Crippen LogP contribution >= 0.6 is 0 Å². The van der Waals surface area contributed by atoms with E-state index in [1.165, 1.54) is 25.1 Å². The number of aliphatic hydroxyl groups is 3. The zero-order valence-electron chi connectivity index (χ0n) is 13.5. The molecule has 0 bridgehead atoms. The summed E-state index contributed by atoms with van der Waals surface area (Å²) < 4.78 is 0. The van der Waals surface area contributed by atoms with Crippen LogP contribution in [-0.2, 0) is 5.60 Å². The Kier molecular flexibility index (Phi) is 2.60. The topological polar surface area (TPSA) is 147 Å². The first-order valence-electron chi connectivity index (χ1n) is 7.99. The summed E-state index contributed by atoms with van der Waals surface area (Å²) in [5.74, 6) is -1.02. The Morgan fingerprint density at radius 2 is 1.88 bits per heavy atom. The molecule has 0 fully saturated rings. The van der Waals surface area contributed by atoms with E-state index in [2.05, 4.69) is 10.2 Å². The molecule has 5 rings (SSSR count). The Morgan fingerprint density at radius 1 is 1.15 bits per heavy atom. The minimum Gasteiger partial charge on any atom is -0.507 e. The van der Waals surface area contributed by atoms with Crippen molar-refractivity contribution < 1.29 is 30.3 Å². The first-order valence-corrected chi connectivity index (χ1v) is 7.99. The van der Waals surface area contributed by atoms with E-state index in [0.29, 0.717) is 0 Å². The number of phenolic OH excluding ortho intramolecular Hbond substituents is 2. The lowest BCUT2D eigenvalue weighted by Gasteiger charge is -2.37. The Balaban J connectivity index is 2.02. The summed E-state index contributed by atoms with van der Waals surface area (Å²) in [6.07, 6.45) is -3.19. The van der Waals surface area contributed by atoms with Crippen molar-refractivity contribution in [2.45, 2.75) is 24.7 Å². The number of ketones is 1. The molecule has 1 heterocycles. The third-order valence-corrected chi connectivity index (χ3v) is 5.46. The van der Waals surface area contributed by atoms with Gasteiger partial charge < -0.3 is 25.5 Å². The molecule has 132 valence electrons. The maximum atomic E-state index is 13.0. The smallest absolute Gasteiger partial charge is 0.194 e. The zero-order valence-corrected chi connectivity index (χ0v) is 13.5. The van der Waals surface area contributed by atoms with Gasteiger partial charge in [-0.1, -0.05) is 12.1 Å². The molecule has 0 amide bonds. The summed E-state index contributed by atoms with van der Waals surface area (Å²) in [4.78, 5) is 13.0. The molecule has 0 radical (unpaired) electrons. The number of aromatic nitrogens is 2. The molecular weight excluding hydrogens is 340 g/mol. The van der Waals surface area contributed by atoms with Gasteiger partial charge >= 0.3 is 0 Å². The van der Waals surface area contributed by atoms with Gasteiger partial charge in [-0.25, -0.2) is 0 Å². The van der Waals surface area contributed by atoms with Crippen molar-refractivity contribution in [3.05, 3.63) is 40.6 Å². The average Bonchev–Trinajstić information content (AvgIpc) is 3.16. The number of fused-ring (bicyclic) bond motifs is 4. The van der Waals surface area contributed by atoms with Crippen molar-refractivity contribution in [2.24, 2.45) is 0 Å². The van der Waals surface area contributed by atoms with Crippen molar-refractivity contribution >= 4 is 16.7 Å². The van der Waals surface area contributed by atoms with Crippen LogP contribution in [0.4, 0.5) is 0 Å². The lowest BCUT2D eigenvalue weighted by atomic mass is 9.77. The molecule has 3 aromatic rings. The van der Waals surface area contributed by atoms with Gasteiger partial charge in [0, 0.05) is 33.2 Å². The molecule has 0 saturated carbocycles. The number of nitrogens with zero attached hydrogens (tertiary/aromatic N) is 1. The van der Waals surface area contributed by atoms with Crippen LogP contribution in [0.3, 0.4) is 0 Å². The molecule has 0 aliphatic heterocycles. The number of aromatic amines is 1. The van der Waals surface area contributed by atoms with Crippen LogP contribution in [0.25, 0.3) is 22.0 Å². The predicted molar refractivity (Wildman–Crippen MR) is 88.8 cm³/mol. The number of benzene rings is 2. The quantitative estimate of drug-likeness (QED) is 0.274. The van der Waals surface area contributed by atoms with Gasteiger partial charge in [0.15, 0.2) is 11.5 Å². The average molecular weight is 354 g/mol. The van der Waals surface area contributed by atoms with Crippen LogP contribution in [0.2, 0.25) is 0 Å². The normalized spacial score (nSPS) is 26.2. The van der Waals surface area contributed by atoms with Crippen molar-refractivity contribution in [1.29, 1.82) is 0 Å². The number of phenols is 2. The minimum atomic E-state index is -1.85. The summed E-state index contributed by atoms with van der Waals surface area (Å²) in [5, 5.41) is 59.5. The number of rotatable bonds is 0. The van der Waals surface area contributed by atoms with Gasteiger partial charge in [-0.15, -0.1) is 0 Å². The van der Waals surface area contributed by atoms with Gasteiger partial charge in [0.25, 0.3) is 0 Å². The van der Waals surface area contributed by atoms with E-state index in [9.17, 15) is 30.3 Å². The van der Waals surface area contributed by atoms with E-state index in [4.69, 9.17) is 0 Å². The number of carbonyl (C=O) groups excluding carboxylic acids is 1. The second kappa shape index (κ2) is 4.42. The molecule has 1 aromatic heterocycles. The van der Waals surface area contributed by atoms with Gasteiger partial charge in [-0.2, -0.15) is 5.10 Å². The first kappa shape index (κ1) is 15.3. The fraction of sp³-hybridized carbons (Fsp3) is 0.222. The van der Waals surface area contributed by atoms with E-state index >= 15 is 0 Å². The van der Waals surface area contributed by atoms with Crippen molar-refractivity contribution in [1.82, 2.24) is 10.2 Å². The number of H-pyrrole nitrogens is 1. The molecule has 0 saturated heterocycles. The standard InChI is InChI=1S/C18H14N2O6/c1-18(26)16-11-10(15(24)17(18)25)9-8(14(23)12(11)19-20-16)7-5(13(9)22)3-2-4-6(7)21/h2-4,15,17,21,23-26H,1H3,(H,19,20)/t15-,17+,18+/m1/s1. The van der Waals surface area contributed by atoms with Crippen LogP contribution < -0.4 is 0 Å². The van der Waals surface area contributed by atoms with E-state index in [-0.39, 0.29) is 55.9 Å². The molecule has 2 aliphatic carbocycles. The minimum absolute atomic E-state index is 0.00352. The number of nitrogens with one attached hydrogen (secondary N) is 1. The number of aromatic hydroxyl groups is 2. The Morgan fingerprint density at radius 3 is 2.62 bits per heavy atom. The first-order chi connectivity index (χ1) is 12.3. The van der Waals surface area contributed by atoms with Gasteiger partial charge in [0.1, 0.15) is 29.1 Å². The second-order valence-corrected chi connectivity index (χ2v) is 6.90. The molecular formula is C18H14N2O6. The van der Waals surface area contributed by atoms with Gasteiger partial charge in [0.05, 0.1) is 5.69 Å². The summed E-state index contributed by atoms with van der Waals surface area (Å²) in [6.45, 7) is 1.31. The van der Waals surface area contributed by atoms with Crippen molar-refractivity contribution in [2.75, 3.05) is 0 Å². The fourth-order valence-electron chi connectivity index (χ4n) is 4.15. The fourth-order valence-corrected chi connectivity index (χ4v) is 4.15. The molecule has 0 unspecified atom stereocenters. The lowest BCUT2D eigenvalue weighted by molar-refractivity contribution is -0.127. The number of hydrogen-bond acceptors (Lipinski definition) is 7. The Labute approximate surface area is 146 Å². The summed E-state index contributed by atoms with van der Waals surface area (Å²) in [7, 11) is 0. The zero-order chi connectivity index (χ0) is 18.5. The molecule has 0 spiro atoms. The summed E-state index contributed by atoms with van der Waals surface area (Å²) in [6, 6.07) is 4.41. The van der Waals surface area contributed by atoms with Crippen molar-refractivity contribution in [3.63, 3.8) is 0 Å². The second-order valence-electron chi connectivity index (χ2n) is 6.90. The highest BCUT2D eigenvalue weighted by Crippen LogP contribution is 2.55. The van der Waals surface area contributed by atoms with E-state index in [0.717, 1.165) is 0 Å². The SMILES string of the molecule is C[C@]1(O)c2[nH]nc3c(O)c4c(c(c23)[C@@H](O)[C@@H]1O)C(=O)c1cccc(O)c1-4. The lowest BCUT2D eigenvalue weighted by Crippen LogP contribution is -2.44. The maximum absolute atomic E-state index is 13.0. The number of carbonyl (C=O) groups is 1. The largest absolute Gasteiger partial charge is 0.507 e. The van der Waals surface area contributed by atoms with Crippen LogP contribution in [-0.4, -0.2) is 47.6 Å². The van der Waals surface area contributed by atoms with Crippen LogP contribution in [0.15, 0.2) is 18.2 Å². The monoisotopic (exact) mass is 354 g/mol. The number of aliphatic hydroxyl groups excluding tert-OH is 2. The van der Waals surface area contributed by atoms with Crippen LogP contribution in [0.1, 0.15) is 40.2 Å². The highest BCUT2D eigenvalue weighted by atomic mass is 16.4. The van der Waals surface area contributed by atoms with Gasteiger partial charge in [-0.05, 0) is 13.0 Å². The molecule has 8 heteroatoms. The number of hydrogen-bond donors (Lipinski definition) is 6. The summed E-state index contributed by atoms with van der Waals surface area (Å²) in [5.41, 5.74) is -1.21. The molecule has 8 nitrogen and oxygen atoms in total. The predicted octanol–water partition coefficient (Wildman–Crippen LogP) is 0.801. The molecule has 2 aliphatic rings. The Bertz CT molecular complexity index is 1150. The van der Waals surface area contributed by atoms with E-state index in [1.807, 2.05) is 0 Å². The third kappa shape index (κ3) is 1.46. The van der Waals surface area contributed by atoms with Crippen molar-refractivity contribution in [3.8, 4) is 22.6 Å². The van der Waals surface area contributed by atoms with E-state index < -0.39 is 23.6 Å².